The van der Waals surface area contributed by atoms with Crippen LogP contribution in [0.1, 0.15) is 23.6 Å². The molecule has 1 N–H and O–H groups in total. The van der Waals surface area contributed by atoms with Crippen LogP contribution in [0.25, 0.3) is 21.5 Å². The lowest BCUT2D eigenvalue weighted by Gasteiger charge is -2.12. The lowest BCUT2D eigenvalue weighted by Crippen LogP contribution is -2.09. The summed E-state index contributed by atoms with van der Waals surface area (Å²) in [6, 6.07) is 30.3. The van der Waals surface area contributed by atoms with Gasteiger partial charge in [0.1, 0.15) is 0 Å². The highest BCUT2D eigenvalue weighted by Gasteiger charge is 2.23. The number of fused-ring (bicyclic) bond motifs is 2. The number of benzene rings is 4. The van der Waals surface area contributed by atoms with Gasteiger partial charge in [0.05, 0.1) is 11.8 Å². The van der Waals surface area contributed by atoms with E-state index in [2.05, 4.69) is 90.4 Å². The molecule has 25 heavy (non-hydrogen) atoms. The Balaban J connectivity index is 1.67. The standard InChI is InChI=1S/C23H18N2/c1-2-8-16(9-3-1)21-15-22(25-24-21)23-19-12-6-4-10-17(19)14-18-11-5-7-13-20(18)23/h1-14,21,24H,15H2/t21-/m0/s1. The number of hydrogen-bond donors (Lipinski definition) is 1. The van der Waals surface area contributed by atoms with Gasteiger partial charge in [-0.3, -0.25) is 0 Å². The van der Waals surface area contributed by atoms with Crippen LogP contribution < -0.4 is 5.43 Å². The molecule has 0 radical (unpaired) electrons. The number of nitrogens with zero attached hydrogens (tertiary/aromatic N) is 1. The van der Waals surface area contributed by atoms with Crippen molar-refractivity contribution >= 4 is 27.3 Å². The first-order valence-corrected chi connectivity index (χ1v) is 8.68. The molecule has 0 unspecified atom stereocenters. The molecule has 0 aliphatic carbocycles. The predicted octanol–water partition coefficient (Wildman–Crippen LogP) is 5.43. The van der Waals surface area contributed by atoms with Gasteiger partial charge in [0, 0.05) is 12.0 Å². The number of rotatable bonds is 2. The summed E-state index contributed by atoms with van der Waals surface area (Å²) in [4.78, 5) is 0. The third-order valence-electron chi connectivity index (χ3n) is 5.01. The maximum Gasteiger partial charge on any atom is 0.0745 e. The van der Waals surface area contributed by atoms with Crippen LogP contribution in [0.15, 0.2) is 90.0 Å². The number of hydrogen-bond acceptors (Lipinski definition) is 2. The molecule has 2 heteroatoms. The van der Waals surface area contributed by atoms with Crippen LogP contribution in [0.4, 0.5) is 0 Å². The average molecular weight is 322 g/mol. The minimum Gasteiger partial charge on any atom is -0.302 e. The summed E-state index contributed by atoms with van der Waals surface area (Å²) in [6.45, 7) is 0. The zero-order chi connectivity index (χ0) is 16.6. The molecular formula is C23H18N2. The number of hydrazone groups is 1. The Hall–Kier alpha value is -3.13. The highest BCUT2D eigenvalue weighted by Crippen LogP contribution is 2.33. The molecule has 0 amide bonds. The van der Waals surface area contributed by atoms with Gasteiger partial charge < -0.3 is 5.43 Å². The lowest BCUT2D eigenvalue weighted by atomic mass is 9.91. The normalized spacial score (nSPS) is 16.8. The first-order valence-electron chi connectivity index (χ1n) is 8.68. The Morgan fingerprint density at radius 3 is 2.00 bits per heavy atom. The fourth-order valence-electron chi connectivity index (χ4n) is 3.80. The Morgan fingerprint density at radius 1 is 0.720 bits per heavy atom. The smallest absolute Gasteiger partial charge is 0.0745 e. The molecule has 4 aromatic rings. The molecule has 0 spiro atoms. The van der Waals surface area contributed by atoms with E-state index < -0.39 is 0 Å². The van der Waals surface area contributed by atoms with Crippen molar-refractivity contribution in [3.8, 4) is 0 Å². The van der Waals surface area contributed by atoms with Crippen molar-refractivity contribution in [3.05, 3.63) is 96.1 Å². The SMILES string of the molecule is c1ccc([C@@H]2CC(c3c4ccccc4cc4ccccc34)=NN2)cc1. The van der Waals surface area contributed by atoms with Crippen LogP contribution in [0.2, 0.25) is 0 Å². The van der Waals surface area contributed by atoms with Crippen LogP contribution >= 0.6 is 0 Å². The Morgan fingerprint density at radius 2 is 1.32 bits per heavy atom. The maximum absolute atomic E-state index is 4.73. The summed E-state index contributed by atoms with van der Waals surface area (Å²) < 4.78 is 0. The van der Waals surface area contributed by atoms with Gasteiger partial charge in [0.15, 0.2) is 0 Å². The highest BCUT2D eigenvalue weighted by atomic mass is 15.3. The lowest BCUT2D eigenvalue weighted by molar-refractivity contribution is 0.620. The summed E-state index contributed by atoms with van der Waals surface area (Å²) in [6.07, 6.45) is 0.905. The molecule has 0 saturated heterocycles. The van der Waals surface area contributed by atoms with Gasteiger partial charge in [-0.15, -0.1) is 0 Å². The summed E-state index contributed by atoms with van der Waals surface area (Å²) in [7, 11) is 0. The van der Waals surface area contributed by atoms with Crippen molar-refractivity contribution in [3.63, 3.8) is 0 Å². The highest BCUT2D eigenvalue weighted by molar-refractivity contribution is 6.21. The van der Waals surface area contributed by atoms with E-state index in [1.165, 1.54) is 32.7 Å². The molecule has 2 nitrogen and oxygen atoms in total. The Bertz CT molecular complexity index is 1040. The average Bonchev–Trinajstić information content (AvgIpc) is 3.16. The van der Waals surface area contributed by atoms with Crippen LogP contribution in [-0.4, -0.2) is 5.71 Å². The fourth-order valence-corrected chi connectivity index (χ4v) is 3.80. The summed E-state index contributed by atoms with van der Waals surface area (Å²) in [5.41, 5.74) is 7.03. The zero-order valence-electron chi connectivity index (χ0n) is 13.8. The van der Waals surface area contributed by atoms with Crippen molar-refractivity contribution < 1.29 is 0 Å². The van der Waals surface area contributed by atoms with Crippen LogP contribution in [-0.2, 0) is 0 Å². The Labute approximate surface area is 146 Å². The molecule has 0 fully saturated rings. The molecule has 1 atom stereocenters. The van der Waals surface area contributed by atoms with Gasteiger partial charge in [-0.05, 0) is 33.2 Å². The van der Waals surface area contributed by atoms with Crippen molar-refractivity contribution in [2.45, 2.75) is 12.5 Å². The number of nitrogens with one attached hydrogen (secondary N) is 1. The molecular weight excluding hydrogens is 304 g/mol. The third kappa shape index (κ3) is 2.38. The summed E-state index contributed by atoms with van der Waals surface area (Å²) in [5, 5.41) is 9.81. The molecule has 1 heterocycles. The molecule has 0 aromatic heterocycles. The molecule has 5 rings (SSSR count). The van der Waals surface area contributed by atoms with Crippen molar-refractivity contribution in [2.24, 2.45) is 5.10 Å². The van der Waals surface area contributed by atoms with E-state index in [0.29, 0.717) is 0 Å². The van der Waals surface area contributed by atoms with Gasteiger partial charge in [-0.1, -0.05) is 78.9 Å². The molecule has 0 saturated carbocycles. The van der Waals surface area contributed by atoms with Crippen LogP contribution in [0.3, 0.4) is 0 Å². The van der Waals surface area contributed by atoms with E-state index in [1.54, 1.807) is 0 Å². The van der Waals surface area contributed by atoms with Crippen molar-refractivity contribution in [1.82, 2.24) is 5.43 Å². The van der Waals surface area contributed by atoms with E-state index in [-0.39, 0.29) is 6.04 Å². The van der Waals surface area contributed by atoms with E-state index >= 15 is 0 Å². The first kappa shape index (κ1) is 14.2. The minimum atomic E-state index is 0.244. The maximum atomic E-state index is 4.73. The second-order valence-electron chi connectivity index (χ2n) is 6.55. The van der Waals surface area contributed by atoms with Crippen LogP contribution in [0, 0.1) is 0 Å². The second kappa shape index (κ2) is 5.75. The van der Waals surface area contributed by atoms with E-state index in [4.69, 9.17) is 5.10 Å². The van der Waals surface area contributed by atoms with Gasteiger partial charge in [-0.25, -0.2) is 0 Å². The van der Waals surface area contributed by atoms with Crippen molar-refractivity contribution in [2.75, 3.05) is 0 Å². The van der Waals surface area contributed by atoms with Gasteiger partial charge in [0.25, 0.3) is 0 Å². The van der Waals surface area contributed by atoms with E-state index in [1.807, 2.05) is 0 Å². The van der Waals surface area contributed by atoms with E-state index in [0.717, 1.165) is 12.1 Å². The second-order valence-corrected chi connectivity index (χ2v) is 6.55. The monoisotopic (exact) mass is 322 g/mol. The minimum absolute atomic E-state index is 0.244. The molecule has 1 aliphatic heterocycles. The van der Waals surface area contributed by atoms with Crippen molar-refractivity contribution in [1.29, 1.82) is 0 Å². The fraction of sp³-hybridized carbons (Fsp3) is 0.0870. The molecule has 1 aliphatic rings. The molecule has 0 bridgehead atoms. The topological polar surface area (TPSA) is 24.4 Å². The predicted molar refractivity (Wildman–Crippen MR) is 105 cm³/mol. The Kier molecular flexibility index (Phi) is 3.27. The van der Waals surface area contributed by atoms with Gasteiger partial charge in [-0.2, -0.15) is 5.10 Å². The van der Waals surface area contributed by atoms with E-state index in [9.17, 15) is 0 Å². The molecule has 120 valence electrons. The van der Waals surface area contributed by atoms with Gasteiger partial charge in [0.2, 0.25) is 0 Å². The summed E-state index contributed by atoms with van der Waals surface area (Å²) in [5.74, 6) is 0. The molecule has 4 aromatic carbocycles. The van der Waals surface area contributed by atoms with Crippen LogP contribution in [0.5, 0.6) is 0 Å². The largest absolute Gasteiger partial charge is 0.302 e. The zero-order valence-corrected chi connectivity index (χ0v) is 13.8. The first-order chi connectivity index (χ1) is 12.4. The quantitative estimate of drug-likeness (QED) is 0.489. The van der Waals surface area contributed by atoms with Gasteiger partial charge >= 0.3 is 0 Å². The third-order valence-corrected chi connectivity index (χ3v) is 5.01. The summed E-state index contributed by atoms with van der Waals surface area (Å²) >= 11 is 0.